The van der Waals surface area contributed by atoms with E-state index in [2.05, 4.69) is 20.3 Å². The molecule has 146 valence electrons. The van der Waals surface area contributed by atoms with Gasteiger partial charge in [0, 0.05) is 32.1 Å². The minimum atomic E-state index is -0.433. The largest absolute Gasteiger partial charge is 0.498 e. The van der Waals surface area contributed by atoms with E-state index in [0.717, 1.165) is 5.56 Å². The molecule has 1 aliphatic heterocycles. The van der Waals surface area contributed by atoms with Crippen molar-refractivity contribution in [2.45, 2.75) is 12.6 Å². The molecule has 0 aromatic carbocycles. The van der Waals surface area contributed by atoms with Gasteiger partial charge in [0.1, 0.15) is 17.7 Å². The summed E-state index contributed by atoms with van der Waals surface area (Å²) < 4.78 is 10.6. The third-order valence-electron chi connectivity index (χ3n) is 4.03. The minimum Gasteiger partial charge on any atom is -0.498 e. The summed E-state index contributed by atoms with van der Waals surface area (Å²) in [7, 11) is 3.07. The van der Waals surface area contributed by atoms with Crippen LogP contribution in [0.15, 0.2) is 58.0 Å². The molecule has 0 spiro atoms. The molecule has 9 heteroatoms. The predicted octanol–water partition coefficient (Wildman–Crippen LogP) is 1.30. The number of amides is 2. The second kappa shape index (κ2) is 9.43. The predicted molar refractivity (Wildman–Crippen MR) is 107 cm³/mol. The molecule has 1 unspecified atom stereocenters. The Labute approximate surface area is 166 Å². The molecule has 0 bridgehead atoms. The highest BCUT2D eigenvalue weighted by Crippen LogP contribution is 2.23. The topological polar surface area (TPSA) is 102 Å². The Balaban J connectivity index is 1.53. The lowest BCUT2D eigenvalue weighted by atomic mass is 9.99. The van der Waals surface area contributed by atoms with Crippen molar-refractivity contribution in [3.8, 4) is 0 Å². The van der Waals surface area contributed by atoms with Crippen molar-refractivity contribution in [3.05, 3.63) is 53.6 Å². The van der Waals surface area contributed by atoms with Crippen molar-refractivity contribution in [1.29, 1.82) is 0 Å². The fourth-order valence-corrected chi connectivity index (χ4v) is 3.34. The highest BCUT2D eigenvalue weighted by atomic mass is 32.2. The van der Waals surface area contributed by atoms with Crippen LogP contribution in [0.1, 0.15) is 5.56 Å². The van der Waals surface area contributed by atoms with Gasteiger partial charge < -0.3 is 14.8 Å². The molecule has 0 fully saturated rings. The molecule has 0 saturated carbocycles. The zero-order valence-electron chi connectivity index (χ0n) is 15.5. The van der Waals surface area contributed by atoms with E-state index in [1.54, 1.807) is 24.5 Å². The van der Waals surface area contributed by atoms with Crippen LogP contribution in [0.25, 0.3) is 0 Å². The number of aromatic nitrogens is 1. The Morgan fingerprint density at radius 2 is 2.18 bits per heavy atom. The number of allylic oxidation sites excluding steroid dienone is 1. The zero-order valence-corrected chi connectivity index (χ0v) is 16.4. The second-order valence-corrected chi connectivity index (χ2v) is 6.93. The molecule has 3 rings (SSSR count). The number of nitrogens with one attached hydrogen (secondary N) is 1. The molecule has 1 aliphatic carbocycles. The summed E-state index contributed by atoms with van der Waals surface area (Å²) in [5, 5.41) is 2.82. The lowest BCUT2D eigenvalue weighted by Gasteiger charge is -2.22. The number of hydrogen-bond donors (Lipinski definition) is 1. The molecule has 8 nitrogen and oxygen atoms in total. The maximum atomic E-state index is 12.3. The third kappa shape index (κ3) is 4.93. The van der Waals surface area contributed by atoms with Gasteiger partial charge in [-0.3, -0.25) is 14.6 Å². The van der Waals surface area contributed by atoms with Gasteiger partial charge in [-0.05, 0) is 17.7 Å². The quantitative estimate of drug-likeness (QED) is 0.706. The molecular formula is C19H20N4O4S. The molecule has 1 aromatic heterocycles. The summed E-state index contributed by atoms with van der Waals surface area (Å²) in [6, 6.07) is 3.71. The Morgan fingerprint density at radius 3 is 2.89 bits per heavy atom. The first kappa shape index (κ1) is 20.0. The number of ether oxygens (including phenoxy) is 2. The van der Waals surface area contributed by atoms with Crippen LogP contribution in [0.5, 0.6) is 0 Å². The van der Waals surface area contributed by atoms with E-state index in [1.165, 1.54) is 26.0 Å². The van der Waals surface area contributed by atoms with Crippen molar-refractivity contribution < 1.29 is 19.1 Å². The number of rotatable bonds is 8. The van der Waals surface area contributed by atoms with Gasteiger partial charge in [0.15, 0.2) is 0 Å². The van der Waals surface area contributed by atoms with Gasteiger partial charge in [-0.1, -0.05) is 6.07 Å². The van der Waals surface area contributed by atoms with Crippen LogP contribution in [0.2, 0.25) is 0 Å². The number of amidine groups is 1. The number of thioether (sulfide) groups is 1. The number of nitrogens with zero attached hydrogens (tertiary/aromatic N) is 3. The van der Waals surface area contributed by atoms with E-state index < -0.39 is 6.10 Å². The van der Waals surface area contributed by atoms with Crippen LogP contribution in [0.3, 0.4) is 0 Å². The number of pyridine rings is 1. The van der Waals surface area contributed by atoms with E-state index in [0.29, 0.717) is 35.2 Å². The first-order valence-electron chi connectivity index (χ1n) is 8.55. The number of carbonyl (C=O) groups excluding carboxylic acids is 2. The van der Waals surface area contributed by atoms with Crippen molar-refractivity contribution >= 4 is 35.1 Å². The molecule has 0 saturated heterocycles. The lowest BCUT2D eigenvalue weighted by Crippen LogP contribution is -2.28. The van der Waals surface area contributed by atoms with E-state index in [1.807, 2.05) is 12.1 Å². The van der Waals surface area contributed by atoms with Crippen LogP contribution < -0.4 is 5.32 Å². The van der Waals surface area contributed by atoms with Gasteiger partial charge in [0.2, 0.25) is 5.91 Å². The van der Waals surface area contributed by atoms with Crippen LogP contribution in [-0.4, -0.2) is 60.2 Å². The zero-order chi connectivity index (χ0) is 19.9. The van der Waals surface area contributed by atoms with E-state index in [-0.39, 0.29) is 17.6 Å². The third-order valence-corrected chi connectivity index (χ3v) is 4.96. The maximum Gasteiger partial charge on any atom is 0.280 e. The lowest BCUT2D eigenvalue weighted by molar-refractivity contribution is -0.118. The first-order valence-corrected chi connectivity index (χ1v) is 9.70. The average Bonchev–Trinajstić information content (AvgIpc) is 2.72. The second-order valence-electron chi connectivity index (χ2n) is 5.95. The number of fused-ring (bicyclic) bond motifs is 1. The van der Waals surface area contributed by atoms with E-state index in [4.69, 9.17) is 9.47 Å². The van der Waals surface area contributed by atoms with Crippen molar-refractivity contribution in [3.63, 3.8) is 0 Å². The molecule has 1 N–H and O–H groups in total. The van der Waals surface area contributed by atoms with Crippen molar-refractivity contribution in [2.24, 2.45) is 9.98 Å². The maximum absolute atomic E-state index is 12.3. The fourth-order valence-electron chi connectivity index (χ4n) is 2.64. The summed E-state index contributed by atoms with van der Waals surface area (Å²) >= 11 is 1.34. The number of aliphatic imine (C=N–C) groups is 2. The smallest absolute Gasteiger partial charge is 0.280 e. The van der Waals surface area contributed by atoms with Gasteiger partial charge in [-0.15, -0.1) is 11.8 Å². The highest BCUT2D eigenvalue weighted by Gasteiger charge is 2.28. The van der Waals surface area contributed by atoms with E-state index >= 15 is 0 Å². The Bertz CT molecular complexity index is 877. The minimum absolute atomic E-state index is 0.105. The molecule has 2 heterocycles. The van der Waals surface area contributed by atoms with Gasteiger partial charge in [0.05, 0.1) is 29.9 Å². The molecule has 28 heavy (non-hydrogen) atoms. The Kier molecular flexibility index (Phi) is 6.72. The van der Waals surface area contributed by atoms with Crippen molar-refractivity contribution in [2.75, 3.05) is 25.7 Å². The van der Waals surface area contributed by atoms with E-state index in [9.17, 15) is 9.59 Å². The highest BCUT2D eigenvalue weighted by molar-refractivity contribution is 8.00. The summed E-state index contributed by atoms with van der Waals surface area (Å²) in [6.07, 6.45) is 6.29. The molecule has 2 aliphatic rings. The summed E-state index contributed by atoms with van der Waals surface area (Å²) in [5.74, 6) is 1.08. The molecule has 1 atom stereocenters. The van der Waals surface area contributed by atoms with Crippen LogP contribution in [-0.2, 0) is 25.6 Å². The summed E-state index contributed by atoms with van der Waals surface area (Å²) in [5.41, 5.74) is 1.83. The Hall–Kier alpha value is -2.78. The molecule has 0 radical (unpaired) electrons. The monoisotopic (exact) mass is 400 g/mol. The van der Waals surface area contributed by atoms with Gasteiger partial charge in [-0.25, -0.2) is 4.99 Å². The summed E-state index contributed by atoms with van der Waals surface area (Å²) in [6.45, 7) is 0.425. The van der Waals surface area contributed by atoms with Gasteiger partial charge >= 0.3 is 0 Å². The Morgan fingerprint density at radius 1 is 1.32 bits per heavy atom. The molecule has 2 amide bonds. The number of methoxy groups -OCH3 is 2. The van der Waals surface area contributed by atoms with Crippen molar-refractivity contribution in [1.82, 2.24) is 10.3 Å². The van der Waals surface area contributed by atoms with Gasteiger partial charge in [0.25, 0.3) is 5.91 Å². The molecular weight excluding hydrogens is 380 g/mol. The van der Waals surface area contributed by atoms with Crippen LogP contribution in [0, 0.1) is 0 Å². The average molecular weight is 400 g/mol. The standard InChI is InChI=1S/C19H20N4O4S/c1-26-15-6-13-14(7-16(15)27-2)22-17(23-19(13)25)10-28-11-18(24)21-9-12-4-3-5-20-8-12/h3-8,15H,9-11H2,1-2H3,(H,21,24). The van der Waals surface area contributed by atoms with Gasteiger partial charge in [-0.2, -0.15) is 4.99 Å². The normalized spacial score (nSPS) is 18.4. The summed E-state index contributed by atoms with van der Waals surface area (Å²) in [4.78, 5) is 36.7. The molecule has 1 aromatic rings. The van der Waals surface area contributed by atoms with Crippen LogP contribution >= 0.6 is 11.8 Å². The SMILES string of the molecule is COC1=CC2=NC(CSCC(=O)NCc3cccnc3)=NC(=O)C2=CC1OC. The van der Waals surface area contributed by atoms with Crippen LogP contribution in [0.4, 0.5) is 0 Å². The number of hydrogen-bond acceptors (Lipinski definition) is 7. The fraction of sp³-hybridized carbons (Fsp3) is 0.316. The number of carbonyl (C=O) groups is 2. The first-order chi connectivity index (χ1) is 13.6.